The predicted octanol–water partition coefficient (Wildman–Crippen LogP) is 3.08. The van der Waals surface area contributed by atoms with Gasteiger partial charge in [0.05, 0.1) is 11.3 Å². The first-order chi connectivity index (χ1) is 8.35. The summed E-state index contributed by atoms with van der Waals surface area (Å²) in [6, 6.07) is 0. The van der Waals surface area contributed by atoms with E-state index in [9.17, 15) is 19.8 Å². The van der Waals surface area contributed by atoms with Gasteiger partial charge < -0.3 is 10.2 Å². The number of allylic oxidation sites excluding steroid dienone is 2. The third-order valence-electron chi connectivity index (χ3n) is 4.19. The molecule has 4 heteroatoms. The summed E-state index contributed by atoms with van der Waals surface area (Å²) in [7, 11) is 0. The van der Waals surface area contributed by atoms with E-state index in [4.69, 9.17) is 0 Å². The van der Waals surface area contributed by atoms with Crippen LogP contribution in [0, 0.1) is 11.3 Å². The van der Waals surface area contributed by atoms with Gasteiger partial charge in [0.15, 0.2) is 0 Å². The molecule has 0 unspecified atom stereocenters. The van der Waals surface area contributed by atoms with Crippen molar-refractivity contribution in [2.24, 2.45) is 11.3 Å². The van der Waals surface area contributed by atoms with Crippen LogP contribution in [0.1, 0.15) is 52.9 Å². The molecule has 0 aromatic heterocycles. The average molecular weight is 254 g/mol. The second kappa shape index (κ2) is 5.55. The van der Waals surface area contributed by atoms with Crippen molar-refractivity contribution in [1.29, 1.82) is 0 Å². The Bertz CT molecular complexity index is 383. The molecule has 2 atom stereocenters. The zero-order chi connectivity index (χ0) is 13.9. The van der Waals surface area contributed by atoms with Crippen LogP contribution < -0.4 is 0 Å². The summed E-state index contributed by atoms with van der Waals surface area (Å²) in [6.07, 6.45) is 2.80. The molecule has 0 aliphatic heterocycles. The molecule has 1 aliphatic carbocycles. The predicted molar refractivity (Wildman–Crippen MR) is 68.3 cm³/mol. The molecule has 0 heterocycles. The van der Waals surface area contributed by atoms with Gasteiger partial charge in [-0.15, -0.1) is 0 Å². The van der Waals surface area contributed by atoms with E-state index < -0.39 is 23.3 Å². The maximum absolute atomic E-state index is 11.7. The van der Waals surface area contributed by atoms with Crippen LogP contribution in [0.3, 0.4) is 0 Å². The zero-order valence-corrected chi connectivity index (χ0v) is 11.3. The summed E-state index contributed by atoms with van der Waals surface area (Å²) in [5, 5.41) is 18.9. The maximum Gasteiger partial charge on any atom is 0.310 e. The molecule has 4 nitrogen and oxygen atoms in total. The lowest BCUT2D eigenvalue weighted by Gasteiger charge is -2.39. The van der Waals surface area contributed by atoms with Gasteiger partial charge in [-0.05, 0) is 33.1 Å². The highest BCUT2D eigenvalue weighted by atomic mass is 16.4. The fourth-order valence-corrected chi connectivity index (χ4v) is 2.83. The van der Waals surface area contributed by atoms with E-state index in [1.54, 1.807) is 0 Å². The number of hydrogen-bond acceptors (Lipinski definition) is 2. The van der Waals surface area contributed by atoms with Crippen molar-refractivity contribution in [2.45, 2.75) is 52.9 Å². The number of carboxylic acid groups (broad SMARTS) is 2. The Morgan fingerprint density at radius 1 is 1.28 bits per heavy atom. The molecule has 0 fully saturated rings. The summed E-state index contributed by atoms with van der Waals surface area (Å²) in [5.74, 6) is -2.75. The molecule has 2 N–H and O–H groups in total. The van der Waals surface area contributed by atoms with Gasteiger partial charge in [-0.25, -0.2) is 0 Å². The van der Waals surface area contributed by atoms with Crippen molar-refractivity contribution in [3.8, 4) is 0 Å². The molecule has 0 radical (unpaired) electrons. The normalized spacial score (nSPS) is 28.3. The Labute approximate surface area is 108 Å². The Kier molecular flexibility index (Phi) is 4.54. The number of rotatable bonds is 5. The molecule has 18 heavy (non-hydrogen) atoms. The smallest absolute Gasteiger partial charge is 0.310 e. The zero-order valence-electron chi connectivity index (χ0n) is 11.3. The van der Waals surface area contributed by atoms with E-state index >= 15 is 0 Å². The van der Waals surface area contributed by atoms with Crippen molar-refractivity contribution < 1.29 is 19.8 Å². The number of hydrogen-bond donors (Lipinski definition) is 2. The number of aliphatic carboxylic acids is 2. The van der Waals surface area contributed by atoms with Gasteiger partial charge in [0.25, 0.3) is 0 Å². The SMILES string of the molecule is CCCC[C@@]1(C(=O)O)CC(C)=C(C)C[C@@H]1C(=O)O. The average Bonchev–Trinajstić information content (AvgIpc) is 2.29. The van der Waals surface area contributed by atoms with Crippen molar-refractivity contribution >= 4 is 11.9 Å². The van der Waals surface area contributed by atoms with Gasteiger partial charge in [0, 0.05) is 0 Å². The van der Waals surface area contributed by atoms with Crippen molar-refractivity contribution in [3.63, 3.8) is 0 Å². The van der Waals surface area contributed by atoms with Gasteiger partial charge in [-0.1, -0.05) is 30.9 Å². The molecule has 0 saturated heterocycles. The third kappa shape index (κ3) is 2.57. The summed E-state index contributed by atoms with van der Waals surface area (Å²) >= 11 is 0. The fraction of sp³-hybridized carbons (Fsp3) is 0.714. The van der Waals surface area contributed by atoms with Crippen molar-refractivity contribution in [1.82, 2.24) is 0 Å². The van der Waals surface area contributed by atoms with E-state index in [1.165, 1.54) is 0 Å². The number of carbonyl (C=O) groups is 2. The highest BCUT2D eigenvalue weighted by Crippen LogP contribution is 2.47. The minimum atomic E-state index is -1.12. The molecule has 1 aliphatic rings. The Morgan fingerprint density at radius 3 is 2.33 bits per heavy atom. The third-order valence-corrected chi connectivity index (χ3v) is 4.19. The summed E-state index contributed by atoms with van der Waals surface area (Å²) < 4.78 is 0. The Balaban J connectivity index is 3.18. The lowest BCUT2D eigenvalue weighted by atomic mass is 9.62. The van der Waals surface area contributed by atoms with E-state index in [2.05, 4.69) is 0 Å². The van der Waals surface area contributed by atoms with Crippen LogP contribution in [-0.4, -0.2) is 22.2 Å². The Hall–Kier alpha value is -1.32. The number of carboxylic acids is 2. The fourth-order valence-electron chi connectivity index (χ4n) is 2.83. The quantitative estimate of drug-likeness (QED) is 0.739. The summed E-state index contributed by atoms with van der Waals surface area (Å²) in [6.45, 7) is 5.80. The lowest BCUT2D eigenvalue weighted by molar-refractivity contribution is -0.164. The van der Waals surface area contributed by atoms with Crippen LogP contribution in [-0.2, 0) is 9.59 Å². The summed E-state index contributed by atoms with van der Waals surface area (Å²) in [5.41, 5.74) is 0.938. The van der Waals surface area contributed by atoms with E-state index in [1.807, 2.05) is 20.8 Å². The van der Waals surface area contributed by atoms with Gasteiger partial charge in [0.2, 0.25) is 0 Å². The van der Waals surface area contributed by atoms with Crippen LogP contribution in [0.4, 0.5) is 0 Å². The van der Waals surface area contributed by atoms with E-state index in [0.29, 0.717) is 19.3 Å². The Morgan fingerprint density at radius 2 is 1.89 bits per heavy atom. The maximum atomic E-state index is 11.7. The molecule has 0 amide bonds. The van der Waals surface area contributed by atoms with Gasteiger partial charge >= 0.3 is 11.9 Å². The highest BCUT2D eigenvalue weighted by molar-refractivity contribution is 5.84. The first-order valence-electron chi connectivity index (χ1n) is 6.46. The monoisotopic (exact) mass is 254 g/mol. The molecular weight excluding hydrogens is 232 g/mol. The van der Waals surface area contributed by atoms with E-state index in [0.717, 1.165) is 24.0 Å². The van der Waals surface area contributed by atoms with Crippen molar-refractivity contribution in [2.75, 3.05) is 0 Å². The van der Waals surface area contributed by atoms with Crippen LogP contribution >= 0.6 is 0 Å². The minimum Gasteiger partial charge on any atom is -0.481 e. The molecule has 0 spiro atoms. The van der Waals surface area contributed by atoms with Crippen molar-refractivity contribution in [3.05, 3.63) is 11.1 Å². The van der Waals surface area contributed by atoms with Crippen LogP contribution in [0.15, 0.2) is 11.1 Å². The minimum absolute atomic E-state index is 0.358. The molecule has 0 saturated carbocycles. The molecule has 1 rings (SSSR count). The van der Waals surface area contributed by atoms with Gasteiger partial charge in [-0.2, -0.15) is 0 Å². The highest BCUT2D eigenvalue weighted by Gasteiger charge is 2.51. The van der Waals surface area contributed by atoms with Crippen LogP contribution in [0.25, 0.3) is 0 Å². The molecule has 0 aromatic rings. The molecule has 102 valence electrons. The first-order valence-corrected chi connectivity index (χ1v) is 6.46. The topological polar surface area (TPSA) is 74.6 Å². The second-order valence-electron chi connectivity index (χ2n) is 5.40. The van der Waals surface area contributed by atoms with Gasteiger partial charge in [-0.3, -0.25) is 9.59 Å². The van der Waals surface area contributed by atoms with E-state index in [-0.39, 0.29) is 0 Å². The molecular formula is C14H22O4. The van der Waals surface area contributed by atoms with Crippen LogP contribution in [0.2, 0.25) is 0 Å². The lowest BCUT2D eigenvalue weighted by Crippen LogP contribution is -2.45. The van der Waals surface area contributed by atoms with Gasteiger partial charge in [0.1, 0.15) is 0 Å². The largest absolute Gasteiger partial charge is 0.481 e. The molecule has 0 bridgehead atoms. The first kappa shape index (κ1) is 14.7. The summed E-state index contributed by atoms with van der Waals surface area (Å²) in [4.78, 5) is 23.1. The second-order valence-corrected chi connectivity index (χ2v) is 5.40. The standard InChI is InChI=1S/C14H22O4/c1-4-5-6-14(13(17)18)8-10(3)9(2)7-11(14)12(15)16/h11H,4-8H2,1-3H3,(H,15,16)(H,17,18)/t11-,14-/m1/s1. The number of unbranched alkanes of at least 4 members (excludes halogenated alkanes) is 1. The molecule has 0 aromatic carbocycles. The van der Waals surface area contributed by atoms with Crippen LogP contribution in [0.5, 0.6) is 0 Å².